The zero-order valence-electron chi connectivity index (χ0n) is 36.9. The average molecular weight is 778 g/mol. The van der Waals surface area contributed by atoms with Gasteiger partial charge in [0.25, 0.3) is 0 Å². The van der Waals surface area contributed by atoms with E-state index in [0.29, 0.717) is 0 Å². The molecule has 3 atom stereocenters. The van der Waals surface area contributed by atoms with Crippen molar-refractivity contribution in [2.45, 2.75) is 119 Å². The lowest BCUT2D eigenvalue weighted by Crippen LogP contribution is -2.41. The molecule has 6 nitrogen and oxygen atoms in total. The van der Waals surface area contributed by atoms with Crippen LogP contribution < -0.4 is 0 Å². The first-order chi connectivity index (χ1) is 27.3. The van der Waals surface area contributed by atoms with Gasteiger partial charge in [-0.1, -0.05) is 133 Å². The highest BCUT2D eigenvalue weighted by atomic mass is 16.2. The molecule has 1 unspecified atom stereocenters. The first-order valence-corrected chi connectivity index (χ1v) is 22.3. The molecule has 3 aromatic rings. The van der Waals surface area contributed by atoms with Crippen molar-refractivity contribution < 1.29 is 14.4 Å². The number of hydrogen-bond acceptors (Lipinski definition) is 3. The monoisotopic (exact) mass is 778 g/mol. The highest BCUT2D eigenvalue weighted by Crippen LogP contribution is 2.29. The molecule has 6 rings (SSSR count). The Morgan fingerprint density at radius 3 is 0.737 bits per heavy atom. The van der Waals surface area contributed by atoms with E-state index in [9.17, 15) is 14.4 Å². The molecule has 0 radical (unpaired) electrons. The Kier molecular flexibility index (Phi) is 18.4. The van der Waals surface area contributed by atoms with E-state index in [4.69, 9.17) is 0 Å². The SMILES string of the molecule is CC(C(=O)N1CCC(C(C)C)CC1)c1ccccc1.CC(C)C1CCN(C(=O)[C@@H](C)c2ccccc2)CC1.CC(C)C1CCN(C(=O)[C@H](C)c2ccccc2)CC1. The molecular weight excluding hydrogens is 703 g/mol. The number of nitrogens with zero attached hydrogens (tertiary/aromatic N) is 3. The van der Waals surface area contributed by atoms with Gasteiger partial charge in [-0.15, -0.1) is 0 Å². The minimum Gasteiger partial charge on any atom is -0.342 e. The fourth-order valence-corrected chi connectivity index (χ4v) is 8.83. The largest absolute Gasteiger partial charge is 0.342 e. The summed E-state index contributed by atoms with van der Waals surface area (Å²) in [7, 11) is 0. The smallest absolute Gasteiger partial charge is 0.229 e. The fraction of sp³-hybridized carbons (Fsp3) is 0.588. The first-order valence-electron chi connectivity index (χ1n) is 22.3. The van der Waals surface area contributed by atoms with Crippen molar-refractivity contribution in [3.63, 3.8) is 0 Å². The summed E-state index contributed by atoms with van der Waals surface area (Å²) in [5.41, 5.74) is 3.37. The van der Waals surface area contributed by atoms with Crippen molar-refractivity contribution in [3.05, 3.63) is 108 Å². The van der Waals surface area contributed by atoms with Crippen molar-refractivity contribution in [1.82, 2.24) is 14.7 Å². The third-order valence-electron chi connectivity index (χ3n) is 13.4. The van der Waals surface area contributed by atoms with Crippen molar-refractivity contribution >= 4 is 17.7 Å². The molecule has 57 heavy (non-hydrogen) atoms. The molecule has 6 heteroatoms. The first kappa shape index (κ1) is 45.8. The van der Waals surface area contributed by atoms with Gasteiger partial charge < -0.3 is 14.7 Å². The van der Waals surface area contributed by atoms with Gasteiger partial charge in [-0.25, -0.2) is 0 Å². The second kappa shape index (κ2) is 22.9. The minimum atomic E-state index is -0.0169. The average Bonchev–Trinajstić information content (AvgIpc) is 3.26. The number of carbonyl (C=O) groups excluding carboxylic acids is 3. The summed E-state index contributed by atoms with van der Waals surface area (Å²) in [5.74, 6) is 5.39. The van der Waals surface area contributed by atoms with E-state index in [1.807, 2.05) is 112 Å². The minimum absolute atomic E-state index is 0.0169. The summed E-state index contributed by atoms with van der Waals surface area (Å²) in [6.45, 7) is 25.4. The van der Waals surface area contributed by atoms with Gasteiger partial charge in [-0.2, -0.15) is 0 Å². The highest BCUT2D eigenvalue weighted by Gasteiger charge is 2.30. The second-order valence-corrected chi connectivity index (χ2v) is 18.1. The summed E-state index contributed by atoms with van der Waals surface area (Å²) in [6.07, 6.45) is 6.95. The van der Waals surface area contributed by atoms with Gasteiger partial charge >= 0.3 is 0 Å². The van der Waals surface area contributed by atoms with E-state index in [-0.39, 0.29) is 35.5 Å². The van der Waals surface area contributed by atoms with Gasteiger partial charge in [0, 0.05) is 39.3 Å². The topological polar surface area (TPSA) is 60.9 Å². The van der Waals surface area contributed by atoms with E-state index in [2.05, 4.69) is 56.2 Å². The molecule has 3 aliphatic heterocycles. The van der Waals surface area contributed by atoms with Crippen molar-refractivity contribution in [3.8, 4) is 0 Å². The summed E-state index contributed by atoms with van der Waals surface area (Å²) in [6, 6.07) is 30.3. The summed E-state index contributed by atoms with van der Waals surface area (Å²) < 4.78 is 0. The second-order valence-electron chi connectivity index (χ2n) is 18.1. The zero-order chi connectivity index (χ0) is 41.5. The van der Waals surface area contributed by atoms with E-state index in [1.54, 1.807) is 0 Å². The fourth-order valence-electron chi connectivity index (χ4n) is 8.83. The maximum absolute atomic E-state index is 12.5. The molecule has 3 fully saturated rings. The van der Waals surface area contributed by atoms with Gasteiger partial charge in [-0.3, -0.25) is 14.4 Å². The van der Waals surface area contributed by atoms with Crippen LogP contribution in [0.1, 0.15) is 135 Å². The lowest BCUT2D eigenvalue weighted by molar-refractivity contribution is -0.134. The Morgan fingerprint density at radius 2 is 0.561 bits per heavy atom. The Morgan fingerprint density at radius 1 is 0.368 bits per heavy atom. The molecule has 0 saturated carbocycles. The molecule has 3 heterocycles. The van der Waals surface area contributed by atoms with Crippen LogP contribution in [-0.2, 0) is 14.4 Å². The number of hydrogen-bond donors (Lipinski definition) is 0. The number of likely N-dealkylation sites (tertiary alicyclic amines) is 3. The molecule has 3 saturated heterocycles. The number of amides is 3. The quantitative estimate of drug-likeness (QED) is 0.217. The van der Waals surface area contributed by atoms with Crippen LogP contribution in [-0.4, -0.2) is 71.7 Å². The summed E-state index contributed by atoms with van der Waals surface area (Å²) >= 11 is 0. The molecule has 0 bridgehead atoms. The van der Waals surface area contributed by atoms with Crippen LogP contribution in [0, 0.1) is 35.5 Å². The maximum Gasteiger partial charge on any atom is 0.229 e. The Bertz CT molecular complexity index is 1410. The summed E-state index contributed by atoms with van der Waals surface area (Å²) in [4.78, 5) is 43.7. The van der Waals surface area contributed by atoms with E-state index >= 15 is 0 Å². The molecule has 3 amide bonds. The van der Waals surface area contributed by atoms with Gasteiger partial charge in [0.2, 0.25) is 17.7 Å². The van der Waals surface area contributed by atoms with Crippen molar-refractivity contribution in [2.24, 2.45) is 35.5 Å². The molecule has 0 aliphatic carbocycles. The molecule has 312 valence electrons. The van der Waals surface area contributed by atoms with E-state index < -0.39 is 0 Å². The predicted molar refractivity (Wildman–Crippen MR) is 237 cm³/mol. The van der Waals surface area contributed by atoms with Crippen LogP contribution in [0.3, 0.4) is 0 Å². The van der Waals surface area contributed by atoms with Gasteiger partial charge in [-0.05, 0) is 111 Å². The van der Waals surface area contributed by atoms with Gasteiger partial charge in [0.1, 0.15) is 0 Å². The highest BCUT2D eigenvalue weighted by molar-refractivity contribution is 5.84. The van der Waals surface area contributed by atoms with Crippen LogP contribution >= 0.6 is 0 Å². The lowest BCUT2D eigenvalue weighted by Gasteiger charge is -2.35. The van der Waals surface area contributed by atoms with E-state index in [0.717, 1.165) is 130 Å². The van der Waals surface area contributed by atoms with Crippen LogP contribution in [0.2, 0.25) is 0 Å². The maximum atomic E-state index is 12.5. The van der Waals surface area contributed by atoms with Crippen molar-refractivity contribution in [2.75, 3.05) is 39.3 Å². The van der Waals surface area contributed by atoms with Crippen LogP contribution in [0.15, 0.2) is 91.0 Å². The Balaban J connectivity index is 0.000000189. The van der Waals surface area contributed by atoms with Crippen LogP contribution in [0.4, 0.5) is 0 Å². The normalized spacial score (nSPS) is 18.6. The standard InChI is InChI=1S/3C17H25NO/c3*1-13(2)15-9-11-18(12-10-15)17(19)14(3)16-7-5-4-6-8-16/h3*4-8,13-15H,9-12H2,1-3H3/t2*14-;/m10./s1. The molecule has 0 aromatic heterocycles. The molecule has 0 spiro atoms. The predicted octanol–water partition coefficient (Wildman–Crippen LogP) is 11.1. The number of rotatable bonds is 9. The zero-order valence-corrected chi connectivity index (χ0v) is 36.9. The van der Waals surface area contributed by atoms with Gasteiger partial charge in [0.15, 0.2) is 0 Å². The number of piperidine rings is 3. The third kappa shape index (κ3) is 13.6. The Hall–Kier alpha value is -3.93. The lowest BCUT2D eigenvalue weighted by atomic mass is 9.86. The Labute approximate surface area is 346 Å². The number of benzene rings is 3. The third-order valence-corrected chi connectivity index (χ3v) is 13.4. The molecular formula is C51H75N3O3. The van der Waals surface area contributed by atoms with Gasteiger partial charge in [0.05, 0.1) is 17.8 Å². The van der Waals surface area contributed by atoms with Crippen LogP contribution in [0.25, 0.3) is 0 Å². The molecule has 3 aliphatic rings. The number of carbonyl (C=O) groups is 3. The van der Waals surface area contributed by atoms with Crippen molar-refractivity contribution in [1.29, 1.82) is 0 Å². The molecule has 0 N–H and O–H groups in total. The summed E-state index contributed by atoms with van der Waals surface area (Å²) in [5, 5.41) is 0. The van der Waals surface area contributed by atoms with Crippen LogP contribution in [0.5, 0.6) is 0 Å². The van der Waals surface area contributed by atoms with E-state index in [1.165, 1.54) is 0 Å². The molecule has 3 aromatic carbocycles.